The molecule has 0 spiro atoms. The van der Waals surface area contributed by atoms with Gasteiger partial charge in [-0.05, 0) is 13.3 Å². The maximum absolute atomic E-state index is 12.0. The first-order chi connectivity index (χ1) is 8.94. The highest BCUT2D eigenvalue weighted by atomic mass is 16.5. The third kappa shape index (κ3) is 4.76. The largest absolute Gasteiger partial charge is 0.468 e. The zero-order valence-corrected chi connectivity index (χ0v) is 11.9. The summed E-state index contributed by atoms with van der Waals surface area (Å²) in [5, 5.41) is 0. The molecule has 0 amide bonds. The highest BCUT2D eigenvalue weighted by Crippen LogP contribution is 2.32. The average molecular weight is 268 g/mol. The van der Waals surface area contributed by atoms with Crippen LogP contribution in [0, 0.1) is 17.3 Å². The van der Waals surface area contributed by atoms with E-state index in [-0.39, 0.29) is 19.4 Å². The molecule has 5 nitrogen and oxygen atoms in total. The summed E-state index contributed by atoms with van der Waals surface area (Å²) in [5.41, 5.74) is -0.792. The van der Waals surface area contributed by atoms with Crippen molar-refractivity contribution in [2.75, 3.05) is 27.9 Å². The van der Waals surface area contributed by atoms with E-state index in [0.717, 1.165) is 0 Å². The fourth-order valence-corrected chi connectivity index (χ4v) is 1.68. The van der Waals surface area contributed by atoms with Crippen molar-refractivity contribution >= 4 is 11.9 Å². The first-order valence-corrected chi connectivity index (χ1v) is 5.70. The normalized spacial score (nSPS) is 10.1. The van der Waals surface area contributed by atoms with Gasteiger partial charge >= 0.3 is 11.9 Å². The third-order valence-electron chi connectivity index (χ3n) is 2.49. The van der Waals surface area contributed by atoms with E-state index in [1.54, 1.807) is 6.92 Å². The fraction of sp³-hybridized carbons (Fsp3) is 0.571. The van der Waals surface area contributed by atoms with Gasteiger partial charge in [-0.25, -0.2) is 0 Å². The van der Waals surface area contributed by atoms with Crippen LogP contribution in [0.3, 0.4) is 0 Å². The molecule has 0 aromatic carbocycles. The second-order valence-electron chi connectivity index (χ2n) is 4.16. The van der Waals surface area contributed by atoms with Crippen LogP contribution in [-0.2, 0) is 23.8 Å². The molecule has 0 unspecified atom stereocenters. The monoisotopic (exact) mass is 268 g/mol. The molecular weight excluding hydrogens is 248 g/mol. The van der Waals surface area contributed by atoms with Gasteiger partial charge in [0.15, 0.2) is 5.41 Å². The summed E-state index contributed by atoms with van der Waals surface area (Å²) >= 11 is 0. The van der Waals surface area contributed by atoms with Crippen molar-refractivity contribution in [1.82, 2.24) is 0 Å². The Labute approximate surface area is 113 Å². The van der Waals surface area contributed by atoms with Crippen LogP contribution in [0.15, 0.2) is 12.2 Å². The molecule has 0 atom stereocenters. The second kappa shape index (κ2) is 8.33. The number of hydrogen-bond acceptors (Lipinski definition) is 5. The lowest BCUT2D eigenvalue weighted by Crippen LogP contribution is -2.41. The van der Waals surface area contributed by atoms with Gasteiger partial charge in [-0.3, -0.25) is 9.59 Å². The second-order valence-corrected chi connectivity index (χ2v) is 4.16. The summed E-state index contributed by atoms with van der Waals surface area (Å²) < 4.78 is 14.2. The maximum Gasteiger partial charge on any atom is 0.324 e. The topological polar surface area (TPSA) is 61.8 Å². The Morgan fingerprint density at radius 1 is 1.11 bits per heavy atom. The quantitative estimate of drug-likeness (QED) is 0.315. The van der Waals surface area contributed by atoms with Gasteiger partial charge < -0.3 is 14.2 Å². The first-order valence-electron chi connectivity index (χ1n) is 5.70. The van der Waals surface area contributed by atoms with Gasteiger partial charge in [0.05, 0.1) is 14.2 Å². The fourth-order valence-electron chi connectivity index (χ4n) is 1.68. The molecule has 0 radical (unpaired) electrons. The molecule has 106 valence electrons. The van der Waals surface area contributed by atoms with Gasteiger partial charge in [0.25, 0.3) is 0 Å². The molecule has 0 N–H and O–H groups in total. The van der Waals surface area contributed by atoms with Gasteiger partial charge in [-0.1, -0.05) is 17.4 Å². The number of carbonyl (C=O) groups excluding carboxylic acids is 2. The van der Waals surface area contributed by atoms with Crippen LogP contribution in [0.5, 0.6) is 0 Å². The SMILES string of the molecule is C=C(C)CC(CC#CCOC)(C(=O)OC)C(=O)OC. The van der Waals surface area contributed by atoms with Gasteiger partial charge in [0.1, 0.15) is 6.61 Å². The lowest BCUT2D eigenvalue weighted by Gasteiger charge is -2.26. The predicted molar refractivity (Wildman–Crippen MR) is 70.2 cm³/mol. The summed E-state index contributed by atoms with van der Waals surface area (Å²) in [5.74, 6) is 4.10. The van der Waals surface area contributed by atoms with Crippen LogP contribution < -0.4 is 0 Å². The first kappa shape index (κ1) is 17.2. The highest BCUT2D eigenvalue weighted by molar-refractivity contribution is 6.00. The maximum atomic E-state index is 12.0. The van der Waals surface area contributed by atoms with Crippen molar-refractivity contribution in [1.29, 1.82) is 0 Å². The van der Waals surface area contributed by atoms with E-state index in [2.05, 4.69) is 18.4 Å². The van der Waals surface area contributed by atoms with Crippen LogP contribution in [0.1, 0.15) is 19.8 Å². The summed E-state index contributed by atoms with van der Waals surface area (Å²) in [6.07, 6.45) is 0.135. The van der Waals surface area contributed by atoms with Gasteiger partial charge in [-0.15, -0.1) is 6.58 Å². The summed E-state index contributed by atoms with van der Waals surface area (Å²) in [7, 11) is 3.96. The minimum absolute atomic E-state index is 0.00255. The van der Waals surface area contributed by atoms with Crippen molar-refractivity contribution in [3.8, 4) is 11.8 Å². The van der Waals surface area contributed by atoms with Crippen molar-refractivity contribution in [3.05, 3.63) is 12.2 Å². The Balaban J connectivity index is 5.37. The average Bonchev–Trinajstić information content (AvgIpc) is 2.39. The number of ether oxygens (including phenoxy) is 3. The number of rotatable bonds is 6. The third-order valence-corrected chi connectivity index (χ3v) is 2.49. The number of carbonyl (C=O) groups is 2. The number of esters is 2. The van der Waals surface area contributed by atoms with Crippen LogP contribution in [-0.4, -0.2) is 39.9 Å². The molecule has 0 saturated carbocycles. The lowest BCUT2D eigenvalue weighted by atomic mass is 9.79. The summed E-state index contributed by atoms with van der Waals surface area (Å²) in [4.78, 5) is 23.9. The Hall–Kier alpha value is -1.80. The van der Waals surface area contributed by atoms with Crippen molar-refractivity contribution in [2.24, 2.45) is 5.41 Å². The smallest absolute Gasteiger partial charge is 0.324 e. The summed E-state index contributed by atoms with van der Waals surface area (Å²) in [6, 6.07) is 0. The van der Waals surface area contributed by atoms with E-state index < -0.39 is 17.4 Å². The molecule has 0 aromatic heterocycles. The van der Waals surface area contributed by atoms with Gasteiger partial charge in [0, 0.05) is 13.5 Å². The van der Waals surface area contributed by atoms with Gasteiger partial charge in [-0.2, -0.15) is 0 Å². The van der Waals surface area contributed by atoms with Crippen LogP contribution in [0.2, 0.25) is 0 Å². The molecule has 19 heavy (non-hydrogen) atoms. The minimum Gasteiger partial charge on any atom is -0.468 e. The Morgan fingerprint density at radius 3 is 2.00 bits per heavy atom. The zero-order chi connectivity index (χ0) is 14.9. The Kier molecular flexibility index (Phi) is 7.54. The van der Waals surface area contributed by atoms with Crippen molar-refractivity contribution in [3.63, 3.8) is 0 Å². The van der Waals surface area contributed by atoms with E-state index in [4.69, 9.17) is 14.2 Å². The number of hydrogen-bond donors (Lipinski definition) is 0. The van der Waals surface area contributed by atoms with E-state index in [0.29, 0.717) is 5.57 Å². The van der Waals surface area contributed by atoms with Crippen LogP contribution >= 0.6 is 0 Å². The number of methoxy groups -OCH3 is 3. The zero-order valence-electron chi connectivity index (χ0n) is 11.9. The molecule has 0 bridgehead atoms. The molecule has 0 aromatic rings. The van der Waals surface area contributed by atoms with Gasteiger partial charge in [0.2, 0.25) is 0 Å². The molecular formula is C14H20O5. The lowest BCUT2D eigenvalue weighted by molar-refractivity contribution is -0.168. The van der Waals surface area contributed by atoms with E-state index in [1.165, 1.54) is 21.3 Å². The molecule has 0 heterocycles. The molecule has 5 heteroatoms. The van der Waals surface area contributed by atoms with Crippen molar-refractivity contribution < 1.29 is 23.8 Å². The Morgan fingerprint density at radius 2 is 1.63 bits per heavy atom. The molecule has 0 aliphatic rings. The highest BCUT2D eigenvalue weighted by Gasteiger charge is 2.47. The van der Waals surface area contributed by atoms with Crippen LogP contribution in [0.4, 0.5) is 0 Å². The Bertz CT molecular complexity index is 384. The summed E-state index contributed by atoms with van der Waals surface area (Å²) in [6.45, 7) is 5.68. The van der Waals surface area contributed by atoms with E-state index >= 15 is 0 Å². The van der Waals surface area contributed by atoms with E-state index in [9.17, 15) is 9.59 Å². The standard InChI is InChI=1S/C14H20O5/c1-11(2)10-14(12(15)18-4,13(16)19-5)8-6-7-9-17-3/h1,8-10H2,2-5H3. The van der Waals surface area contributed by atoms with Crippen LogP contribution in [0.25, 0.3) is 0 Å². The van der Waals surface area contributed by atoms with E-state index in [1.807, 2.05) is 0 Å². The molecule has 0 saturated heterocycles. The minimum atomic E-state index is -1.46. The number of allylic oxidation sites excluding steroid dienone is 1. The molecule has 0 fully saturated rings. The van der Waals surface area contributed by atoms with Crippen molar-refractivity contribution in [2.45, 2.75) is 19.8 Å². The molecule has 0 aliphatic carbocycles. The molecule has 0 rings (SSSR count). The molecule has 0 aliphatic heterocycles. The predicted octanol–water partition coefficient (Wildman–Crippen LogP) is 1.32.